The van der Waals surface area contributed by atoms with Crippen LogP contribution < -0.4 is 10.0 Å². The van der Waals surface area contributed by atoms with E-state index in [0.29, 0.717) is 17.9 Å². The van der Waals surface area contributed by atoms with Gasteiger partial charge < -0.3 is 5.32 Å². The van der Waals surface area contributed by atoms with Crippen molar-refractivity contribution in [2.75, 3.05) is 11.8 Å². The summed E-state index contributed by atoms with van der Waals surface area (Å²) < 4.78 is 29.4. The molecule has 3 aromatic rings. The van der Waals surface area contributed by atoms with Crippen molar-refractivity contribution < 1.29 is 8.42 Å². The van der Waals surface area contributed by atoms with Crippen molar-refractivity contribution in [1.29, 1.82) is 0 Å². The molecule has 0 saturated heterocycles. The second-order valence-electron chi connectivity index (χ2n) is 5.15. The number of hydrogen-bond donors (Lipinski definition) is 2. The minimum atomic E-state index is -3.69. The third-order valence-electron chi connectivity index (χ3n) is 3.41. The Balaban J connectivity index is 2.03. The normalized spacial score (nSPS) is 11.4. The van der Waals surface area contributed by atoms with Crippen LogP contribution in [0.3, 0.4) is 0 Å². The largest absolute Gasteiger partial charge is 0.316 e. The van der Waals surface area contributed by atoms with E-state index in [1.165, 1.54) is 10.9 Å². The first kappa shape index (κ1) is 16.2. The number of anilines is 1. The van der Waals surface area contributed by atoms with E-state index in [1.54, 1.807) is 42.6 Å². The molecule has 0 spiro atoms. The quantitative estimate of drug-likeness (QED) is 0.712. The summed E-state index contributed by atoms with van der Waals surface area (Å²) in [4.78, 5) is 0.202. The molecular weight excluding hydrogens is 326 g/mol. The van der Waals surface area contributed by atoms with E-state index in [1.807, 2.05) is 19.2 Å². The van der Waals surface area contributed by atoms with Crippen LogP contribution in [0.25, 0.3) is 5.69 Å². The minimum absolute atomic E-state index is 0.202. The molecule has 0 aliphatic heterocycles. The molecule has 7 nitrogen and oxygen atoms in total. The molecule has 1 heterocycles. The van der Waals surface area contributed by atoms with E-state index in [0.717, 1.165) is 5.56 Å². The molecule has 3 rings (SSSR count). The molecule has 124 valence electrons. The highest BCUT2D eigenvalue weighted by Gasteiger charge is 2.17. The molecule has 0 saturated carbocycles. The van der Waals surface area contributed by atoms with Gasteiger partial charge in [0.15, 0.2) is 0 Å². The summed E-state index contributed by atoms with van der Waals surface area (Å²) in [5.74, 6) is 0. The van der Waals surface area contributed by atoms with Crippen molar-refractivity contribution in [3.05, 3.63) is 66.5 Å². The molecule has 8 heteroatoms. The van der Waals surface area contributed by atoms with Gasteiger partial charge in [0.05, 0.1) is 28.7 Å². The van der Waals surface area contributed by atoms with Crippen molar-refractivity contribution >= 4 is 15.7 Å². The average molecular weight is 343 g/mol. The van der Waals surface area contributed by atoms with E-state index in [4.69, 9.17) is 0 Å². The van der Waals surface area contributed by atoms with Crippen LogP contribution in [0.2, 0.25) is 0 Å². The van der Waals surface area contributed by atoms with Gasteiger partial charge in [-0.3, -0.25) is 4.72 Å². The smallest absolute Gasteiger partial charge is 0.261 e. The second kappa shape index (κ2) is 6.81. The Morgan fingerprint density at radius 1 is 1.12 bits per heavy atom. The molecule has 0 aliphatic rings. The number of nitrogens with one attached hydrogen (secondary N) is 2. The average Bonchev–Trinajstić information content (AvgIpc) is 3.10. The summed E-state index contributed by atoms with van der Waals surface area (Å²) in [6, 6.07) is 13.7. The fourth-order valence-electron chi connectivity index (χ4n) is 2.32. The van der Waals surface area contributed by atoms with Crippen LogP contribution in [0.1, 0.15) is 5.56 Å². The van der Waals surface area contributed by atoms with Gasteiger partial charge in [0.2, 0.25) is 0 Å². The van der Waals surface area contributed by atoms with E-state index in [-0.39, 0.29) is 4.90 Å². The third-order valence-corrected chi connectivity index (χ3v) is 4.79. The van der Waals surface area contributed by atoms with Gasteiger partial charge >= 0.3 is 0 Å². The zero-order valence-electron chi connectivity index (χ0n) is 13.0. The minimum Gasteiger partial charge on any atom is -0.316 e. The number of benzene rings is 2. The van der Waals surface area contributed by atoms with Crippen molar-refractivity contribution in [3.8, 4) is 5.69 Å². The summed E-state index contributed by atoms with van der Waals surface area (Å²) in [7, 11) is -1.86. The number of hydrogen-bond acceptors (Lipinski definition) is 5. The zero-order valence-corrected chi connectivity index (χ0v) is 13.9. The van der Waals surface area contributed by atoms with Crippen molar-refractivity contribution in [3.63, 3.8) is 0 Å². The Morgan fingerprint density at radius 2 is 1.92 bits per heavy atom. The number of nitrogens with zero attached hydrogens (tertiary/aromatic N) is 3. The lowest BCUT2D eigenvalue weighted by atomic mass is 10.1. The first-order valence-electron chi connectivity index (χ1n) is 7.32. The van der Waals surface area contributed by atoms with Gasteiger partial charge in [0.25, 0.3) is 10.0 Å². The number of aromatic nitrogens is 3. The maximum Gasteiger partial charge on any atom is 0.261 e. The van der Waals surface area contributed by atoms with Crippen molar-refractivity contribution in [1.82, 2.24) is 20.3 Å². The van der Waals surface area contributed by atoms with Crippen LogP contribution in [-0.4, -0.2) is 30.5 Å². The van der Waals surface area contributed by atoms with Crippen molar-refractivity contribution in [2.45, 2.75) is 11.4 Å². The standard InChI is InChI=1S/C16H17N5O2S/c1-17-12-13-7-8-16(21-10-9-18-20-21)15(11-13)19-24(22,23)14-5-3-2-4-6-14/h2-11,17,19H,12H2,1H3. The molecule has 0 aliphatic carbocycles. The van der Waals surface area contributed by atoms with E-state index in [9.17, 15) is 8.42 Å². The van der Waals surface area contributed by atoms with Crippen molar-refractivity contribution in [2.24, 2.45) is 0 Å². The predicted molar refractivity (Wildman–Crippen MR) is 91.4 cm³/mol. The molecule has 2 N–H and O–H groups in total. The third kappa shape index (κ3) is 3.44. The van der Waals surface area contributed by atoms with E-state index >= 15 is 0 Å². The lowest BCUT2D eigenvalue weighted by molar-refractivity contribution is 0.601. The number of sulfonamides is 1. The van der Waals surface area contributed by atoms with Gasteiger partial charge in [0, 0.05) is 6.54 Å². The lowest BCUT2D eigenvalue weighted by Crippen LogP contribution is -2.15. The van der Waals surface area contributed by atoms with Gasteiger partial charge in [0.1, 0.15) is 0 Å². The van der Waals surface area contributed by atoms with Crippen LogP contribution in [-0.2, 0) is 16.6 Å². The number of rotatable bonds is 6. The summed E-state index contributed by atoms with van der Waals surface area (Å²) in [5.41, 5.74) is 2.00. The highest BCUT2D eigenvalue weighted by molar-refractivity contribution is 7.92. The van der Waals surface area contributed by atoms with E-state index in [2.05, 4.69) is 20.4 Å². The summed E-state index contributed by atoms with van der Waals surface area (Å²) >= 11 is 0. The SMILES string of the molecule is CNCc1ccc(-n2ccnn2)c(NS(=O)(=O)c2ccccc2)c1. The van der Waals surface area contributed by atoms with Crippen LogP contribution >= 0.6 is 0 Å². The first-order chi connectivity index (χ1) is 11.6. The fraction of sp³-hybridized carbons (Fsp3) is 0.125. The molecule has 0 fully saturated rings. The summed E-state index contributed by atoms with van der Waals surface area (Å²) in [6.07, 6.45) is 3.20. The highest BCUT2D eigenvalue weighted by atomic mass is 32.2. The second-order valence-corrected chi connectivity index (χ2v) is 6.83. The molecule has 1 aromatic heterocycles. The zero-order chi connectivity index (χ0) is 17.0. The summed E-state index contributed by atoms with van der Waals surface area (Å²) in [6.45, 7) is 0.623. The molecule has 0 unspecified atom stereocenters. The van der Waals surface area contributed by atoms with Gasteiger partial charge in [-0.15, -0.1) is 5.10 Å². The topological polar surface area (TPSA) is 88.9 Å². The Bertz CT molecular complexity index is 909. The fourth-order valence-corrected chi connectivity index (χ4v) is 3.41. The van der Waals surface area contributed by atoms with Gasteiger partial charge in [-0.25, -0.2) is 13.1 Å². The maximum atomic E-state index is 12.6. The Kier molecular flexibility index (Phi) is 4.59. The van der Waals surface area contributed by atoms with E-state index < -0.39 is 10.0 Å². The van der Waals surface area contributed by atoms with Crippen LogP contribution in [0.4, 0.5) is 5.69 Å². The van der Waals surface area contributed by atoms with Gasteiger partial charge in [-0.1, -0.05) is 29.5 Å². The maximum absolute atomic E-state index is 12.6. The van der Waals surface area contributed by atoms with Crippen LogP contribution in [0.5, 0.6) is 0 Å². The molecule has 0 amide bonds. The van der Waals surface area contributed by atoms with Gasteiger partial charge in [-0.2, -0.15) is 0 Å². The molecule has 0 radical (unpaired) electrons. The lowest BCUT2D eigenvalue weighted by Gasteiger charge is -2.14. The van der Waals surface area contributed by atoms with Gasteiger partial charge in [-0.05, 0) is 36.9 Å². The monoisotopic (exact) mass is 343 g/mol. The molecular formula is C16H17N5O2S. The molecule has 2 aromatic carbocycles. The highest BCUT2D eigenvalue weighted by Crippen LogP contribution is 2.24. The Labute approximate surface area is 140 Å². The molecule has 0 bridgehead atoms. The summed E-state index contributed by atoms with van der Waals surface area (Å²) in [5, 5.41) is 10.8. The molecule has 0 atom stereocenters. The Morgan fingerprint density at radius 3 is 2.58 bits per heavy atom. The van der Waals surface area contributed by atoms with Crippen LogP contribution in [0, 0.1) is 0 Å². The first-order valence-corrected chi connectivity index (χ1v) is 8.80. The van der Waals surface area contributed by atoms with Crippen LogP contribution in [0.15, 0.2) is 65.8 Å². The molecule has 24 heavy (non-hydrogen) atoms. The predicted octanol–water partition coefficient (Wildman–Crippen LogP) is 1.79. The Hall–Kier alpha value is -2.71.